The lowest BCUT2D eigenvalue weighted by Crippen LogP contribution is -2.34. The topological polar surface area (TPSA) is 67.4 Å². The summed E-state index contributed by atoms with van der Waals surface area (Å²) >= 11 is 1.10. The molecule has 0 spiro atoms. The molecular weight excluding hydrogens is 276 g/mol. The van der Waals surface area contributed by atoms with Gasteiger partial charge in [-0.25, -0.2) is 0 Å². The molecule has 0 fully saturated rings. The van der Waals surface area contributed by atoms with Crippen LogP contribution in [-0.4, -0.2) is 30.7 Å². The number of hydrogen-bond donors (Lipinski definition) is 2. The fourth-order valence-corrected chi connectivity index (χ4v) is 2.03. The largest absolute Gasteiger partial charge is 0.425 e. The summed E-state index contributed by atoms with van der Waals surface area (Å²) in [5, 5.41) is 5.30. The van der Waals surface area contributed by atoms with E-state index in [2.05, 4.69) is 10.6 Å². The van der Waals surface area contributed by atoms with Gasteiger partial charge < -0.3 is 14.8 Å². The van der Waals surface area contributed by atoms with Crippen molar-refractivity contribution in [2.24, 2.45) is 0 Å². The first-order valence-electron chi connectivity index (χ1n) is 6.37. The SMILES string of the molecule is CC(=O)NCCNC(=O)CSOc1cccc(C)c1C. The molecule has 0 radical (unpaired) electrons. The van der Waals surface area contributed by atoms with Crippen LogP contribution < -0.4 is 14.8 Å². The van der Waals surface area contributed by atoms with Gasteiger partial charge >= 0.3 is 0 Å². The molecule has 110 valence electrons. The van der Waals surface area contributed by atoms with Gasteiger partial charge in [0.05, 0.1) is 12.0 Å². The predicted octanol–water partition coefficient (Wildman–Crippen LogP) is 1.58. The van der Waals surface area contributed by atoms with E-state index in [-0.39, 0.29) is 17.6 Å². The lowest BCUT2D eigenvalue weighted by atomic mass is 10.1. The number of nitrogens with one attached hydrogen (secondary N) is 2. The molecule has 0 saturated carbocycles. The second kappa shape index (κ2) is 8.47. The summed E-state index contributed by atoms with van der Waals surface area (Å²) in [5.41, 5.74) is 2.23. The summed E-state index contributed by atoms with van der Waals surface area (Å²) in [6.45, 7) is 6.29. The Morgan fingerprint density at radius 3 is 2.60 bits per heavy atom. The second-order valence-corrected chi connectivity index (χ2v) is 5.07. The second-order valence-electron chi connectivity index (χ2n) is 4.38. The van der Waals surface area contributed by atoms with Gasteiger partial charge in [-0.3, -0.25) is 9.59 Å². The summed E-state index contributed by atoms with van der Waals surface area (Å²) in [6.07, 6.45) is 0. The van der Waals surface area contributed by atoms with Gasteiger partial charge in [-0.1, -0.05) is 12.1 Å². The highest BCUT2D eigenvalue weighted by atomic mass is 32.2. The molecule has 0 bridgehead atoms. The van der Waals surface area contributed by atoms with Crippen LogP contribution in [0.3, 0.4) is 0 Å². The standard InChI is InChI=1S/C14H20N2O3S/c1-10-5-4-6-13(11(10)2)19-20-9-14(18)16-8-7-15-12(3)17/h4-6H,7-9H2,1-3H3,(H,15,17)(H,16,18). The van der Waals surface area contributed by atoms with Crippen LogP contribution in [0, 0.1) is 13.8 Å². The zero-order valence-electron chi connectivity index (χ0n) is 12.0. The van der Waals surface area contributed by atoms with Crippen LogP contribution in [0.5, 0.6) is 5.75 Å². The van der Waals surface area contributed by atoms with Crippen molar-refractivity contribution in [2.75, 3.05) is 18.8 Å². The van der Waals surface area contributed by atoms with Crippen LogP contribution >= 0.6 is 12.0 Å². The number of amides is 2. The first kappa shape index (κ1) is 16.4. The fraction of sp³-hybridized carbons (Fsp3) is 0.429. The van der Waals surface area contributed by atoms with Crippen molar-refractivity contribution in [1.29, 1.82) is 0 Å². The predicted molar refractivity (Wildman–Crippen MR) is 80.7 cm³/mol. The maximum absolute atomic E-state index is 11.5. The van der Waals surface area contributed by atoms with Crippen LogP contribution in [0.15, 0.2) is 18.2 Å². The molecule has 1 rings (SSSR count). The minimum atomic E-state index is -0.120. The average Bonchev–Trinajstić information content (AvgIpc) is 2.39. The van der Waals surface area contributed by atoms with Gasteiger partial charge in [-0.15, -0.1) is 0 Å². The van der Waals surface area contributed by atoms with Crippen molar-refractivity contribution in [2.45, 2.75) is 20.8 Å². The Morgan fingerprint density at radius 2 is 1.90 bits per heavy atom. The van der Waals surface area contributed by atoms with E-state index < -0.39 is 0 Å². The number of carbonyl (C=O) groups is 2. The maximum atomic E-state index is 11.5. The van der Waals surface area contributed by atoms with Crippen molar-refractivity contribution >= 4 is 23.9 Å². The Morgan fingerprint density at radius 1 is 1.20 bits per heavy atom. The molecule has 0 saturated heterocycles. The quantitative estimate of drug-likeness (QED) is 0.592. The number of benzene rings is 1. The molecule has 0 unspecified atom stereocenters. The molecule has 0 atom stereocenters. The molecule has 6 heteroatoms. The Labute approximate surface area is 123 Å². The summed E-state index contributed by atoms with van der Waals surface area (Å²) < 4.78 is 5.52. The van der Waals surface area contributed by atoms with E-state index in [0.29, 0.717) is 13.1 Å². The summed E-state index contributed by atoms with van der Waals surface area (Å²) in [6, 6.07) is 5.82. The van der Waals surface area contributed by atoms with Crippen molar-refractivity contribution in [3.63, 3.8) is 0 Å². The highest BCUT2D eigenvalue weighted by molar-refractivity contribution is 7.95. The third kappa shape index (κ3) is 5.97. The molecule has 2 N–H and O–H groups in total. The number of hydrogen-bond acceptors (Lipinski definition) is 4. The molecule has 2 amide bonds. The van der Waals surface area contributed by atoms with Crippen molar-refractivity contribution in [1.82, 2.24) is 10.6 Å². The van der Waals surface area contributed by atoms with Gasteiger partial charge in [0.2, 0.25) is 11.8 Å². The Kier molecular flexibility index (Phi) is 6.93. The number of carbonyl (C=O) groups excluding carboxylic acids is 2. The van der Waals surface area contributed by atoms with Crippen molar-refractivity contribution < 1.29 is 13.8 Å². The van der Waals surface area contributed by atoms with E-state index in [1.165, 1.54) is 6.92 Å². The molecule has 5 nitrogen and oxygen atoms in total. The van der Waals surface area contributed by atoms with E-state index in [4.69, 9.17) is 4.18 Å². The molecule has 0 aliphatic carbocycles. The zero-order chi connectivity index (χ0) is 15.0. The Hall–Kier alpha value is -1.69. The van der Waals surface area contributed by atoms with Gasteiger partial charge in [0, 0.05) is 20.0 Å². The monoisotopic (exact) mass is 296 g/mol. The molecular formula is C14H20N2O3S. The average molecular weight is 296 g/mol. The van der Waals surface area contributed by atoms with E-state index in [1.807, 2.05) is 32.0 Å². The summed E-state index contributed by atoms with van der Waals surface area (Å²) in [5.74, 6) is 0.770. The highest BCUT2D eigenvalue weighted by Crippen LogP contribution is 2.23. The lowest BCUT2D eigenvalue weighted by Gasteiger charge is -2.09. The van der Waals surface area contributed by atoms with Gasteiger partial charge in [0.15, 0.2) is 0 Å². The van der Waals surface area contributed by atoms with Gasteiger partial charge in [0.1, 0.15) is 11.5 Å². The van der Waals surface area contributed by atoms with Gasteiger partial charge in [-0.05, 0) is 31.0 Å². The van der Waals surface area contributed by atoms with Gasteiger partial charge in [-0.2, -0.15) is 0 Å². The smallest absolute Gasteiger partial charge is 0.233 e. The molecule has 0 aliphatic heterocycles. The minimum Gasteiger partial charge on any atom is -0.425 e. The Balaban J connectivity index is 2.22. The lowest BCUT2D eigenvalue weighted by molar-refractivity contribution is -0.120. The van der Waals surface area contributed by atoms with Crippen LogP contribution in [0.4, 0.5) is 0 Å². The third-order valence-corrected chi connectivity index (χ3v) is 3.39. The van der Waals surface area contributed by atoms with E-state index in [9.17, 15) is 9.59 Å². The first-order valence-corrected chi connectivity index (χ1v) is 7.28. The van der Waals surface area contributed by atoms with Crippen molar-refractivity contribution in [3.8, 4) is 5.75 Å². The normalized spacial score (nSPS) is 9.95. The zero-order valence-corrected chi connectivity index (χ0v) is 12.8. The molecule has 0 aliphatic rings. The first-order chi connectivity index (χ1) is 9.50. The maximum Gasteiger partial charge on any atom is 0.233 e. The highest BCUT2D eigenvalue weighted by Gasteiger charge is 2.05. The van der Waals surface area contributed by atoms with Crippen LogP contribution in [0.25, 0.3) is 0 Å². The molecule has 1 aromatic rings. The molecule has 0 aromatic heterocycles. The molecule has 1 aromatic carbocycles. The number of rotatable bonds is 7. The number of aryl methyl sites for hydroxylation is 1. The van der Waals surface area contributed by atoms with E-state index >= 15 is 0 Å². The summed E-state index contributed by atoms with van der Waals surface area (Å²) in [4.78, 5) is 22.1. The summed E-state index contributed by atoms with van der Waals surface area (Å²) in [7, 11) is 0. The third-order valence-electron chi connectivity index (χ3n) is 2.71. The van der Waals surface area contributed by atoms with Crippen molar-refractivity contribution in [3.05, 3.63) is 29.3 Å². The molecule has 20 heavy (non-hydrogen) atoms. The fourth-order valence-electron chi connectivity index (χ4n) is 1.45. The minimum absolute atomic E-state index is 0.105. The van der Waals surface area contributed by atoms with Crippen LogP contribution in [0.2, 0.25) is 0 Å². The van der Waals surface area contributed by atoms with Crippen LogP contribution in [0.1, 0.15) is 18.1 Å². The van der Waals surface area contributed by atoms with E-state index in [0.717, 1.165) is 28.9 Å². The Bertz CT molecular complexity index is 477. The van der Waals surface area contributed by atoms with Crippen LogP contribution in [-0.2, 0) is 9.59 Å². The van der Waals surface area contributed by atoms with Gasteiger partial charge in [0.25, 0.3) is 0 Å². The molecule has 0 heterocycles. The van der Waals surface area contributed by atoms with E-state index in [1.54, 1.807) is 0 Å².